The van der Waals surface area contributed by atoms with E-state index in [1.165, 1.54) is 0 Å². The molecule has 0 radical (unpaired) electrons. The van der Waals surface area contributed by atoms with Crippen LogP contribution in [0.25, 0.3) is 0 Å². The number of hydrogen-bond acceptors (Lipinski definition) is 2. The first-order valence-corrected chi connectivity index (χ1v) is 7.14. The third-order valence-corrected chi connectivity index (χ3v) is 4.28. The molecule has 2 unspecified atom stereocenters. The van der Waals surface area contributed by atoms with Crippen LogP contribution < -0.4 is 5.32 Å². The van der Waals surface area contributed by atoms with Gasteiger partial charge < -0.3 is 10.1 Å². The second-order valence-corrected chi connectivity index (χ2v) is 5.90. The Morgan fingerprint density at radius 2 is 2.06 bits per heavy atom. The average molecular weight is 288 g/mol. The number of halogens is 2. The quantitative estimate of drug-likeness (QED) is 0.866. The summed E-state index contributed by atoms with van der Waals surface area (Å²) >= 11 is 12.4. The van der Waals surface area contributed by atoms with Crippen LogP contribution >= 0.6 is 23.2 Å². The van der Waals surface area contributed by atoms with Crippen molar-refractivity contribution in [3.63, 3.8) is 0 Å². The first-order chi connectivity index (χ1) is 8.54. The van der Waals surface area contributed by atoms with Gasteiger partial charge >= 0.3 is 0 Å². The molecule has 0 amide bonds. The van der Waals surface area contributed by atoms with Gasteiger partial charge in [-0.1, -0.05) is 36.2 Å². The molecular formula is C14H19Cl2NO. The van der Waals surface area contributed by atoms with E-state index in [1.807, 2.05) is 18.2 Å². The molecule has 18 heavy (non-hydrogen) atoms. The van der Waals surface area contributed by atoms with Gasteiger partial charge in [0.05, 0.1) is 21.3 Å². The second-order valence-electron chi connectivity index (χ2n) is 5.08. The fourth-order valence-electron chi connectivity index (χ4n) is 2.34. The number of para-hydroxylation sites is 1. The molecule has 1 aliphatic heterocycles. The van der Waals surface area contributed by atoms with Crippen molar-refractivity contribution in [2.75, 3.05) is 11.9 Å². The first kappa shape index (κ1) is 14.0. The van der Waals surface area contributed by atoms with Gasteiger partial charge in [0, 0.05) is 12.6 Å². The van der Waals surface area contributed by atoms with Crippen LogP contribution in [0.4, 0.5) is 5.69 Å². The highest BCUT2D eigenvalue weighted by Gasteiger charge is 2.31. The summed E-state index contributed by atoms with van der Waals surface area (Å²) in [6, 6.07) is 5.93. The van der Waals surface area contributed by atoms with Crippen molar-refractivity contribution in [3.05, 3.63) is 28.2 Å². The number of ether oxygens (including phenoxy) is 1. The van der Waals surface area contributed by atoms with Gasteiger partial charge in [-0.25, -0.2) is 0 Å². The predicted molar refractivity (Wildman–Crippen MR) is 77.8 cm³/mol. The lowest BCUT2D eigenvalue weighted by Crippen LogP contribution is -2.41. The van der Waals surface area contributed by atoms with Crippen LogP contribution in [0.1, 0.15) is 33.1 Å². The molecule has 1 saturated heterocycles. The van der Waals surface area contributed by atoms with E-state index < -0.39 is 0 Å². The minimum atomic E-state index is -0.0380. The largest absolute Gasteiger partial charge is 0.380 e. The third-order valence-electron chi connectivity index (χ3n) is 3.65. The van der Waals surface area contributed by atoms with Crippen LogP contribution in [0, 0.1) is 0 Å². The average Bonchev–Trinajstić information content (AvgIpc) is 2.34. The molecule has 1 fully saturated rings. The fraction of sp³-hybridized carbons (Fsp3) is 0.571. The van der Waals surface area contributed by atoms with E-state index in [-0.39, 0.29) is 5.60 Å². The molecule has 1 aromatic rings. The van der Waals surface area contributed by atoms with E-state index in [1.54, 1.807) is 0 Å². The summed E-state index contributed by atoms with van der Waals surface area (Å²) in [7, 11) is 0. The van der Waals surface area contributed by atoms with E-state index in [4.69, 9.17) is 27.9 Å². The number of rotatable bonds is 3. The minimum absolute atomic E-state index is 0.0380. The predicted octanol–water partition coefficient (Wildman–Crippen LogP) is 4.75. The lowest BCUT2D eigenvalue weighted by Gasteiger charge is -2.38. The highest BCUT2D eigenvalue weighted by Crippen LogP contribution is 2.34. The molecule has 1 N–H and O–H groups in total. The maximum absolute atomic E-state index is 6.18. The molecule has 2 atom stereocenters. The van der Waals surface area contributed by atoms with Crippen molar-refractivity contribution in [1.82, 2.24) is 0 Å². The van der Waals surface area contributed by atoms with Gasteiger partial charge in [-0.2, -0.15) is 0 Å². The smallest absolute Gasteiger partial charge is 0.0721 e. The summed E-state index contributed by atoms with van der Waals surface area (Å²) in [6.45, 7) is 5.10. The summed E-state index contributed by atoms with van der Waals surface area (Å²) in [5, 5.41) is 4.81. The van der Waals surface area contributed by atoms with E-state index >= 15 is 0 Å². The highest BCUT2D eigenvalue weighted by molar-refractivity contribution is 6.39. The Balaban J connectivity index is 2.10. The number of nitrogens with one attached hydrogen (secondary N) is 1. The molecule has 0 bridgehead atoms. The van der Waals surface area contributed by atoms with Crippen LogP contribution in [0.15, 0.2) is 18.2 Å². The Kier molecular flexibility index (Phi) is 4.41. The maximum atomic E-state index is 6.18. The molecule has 1 aromatic carbocycles. The van der Waals surface area contributed by atoms with Gasteiger partial charge in [-0.3, -0.25) is 0 Å². The van der Waals surface area contributed by atoms with Crippen molar-refractivity contribution in [2.24, 2.45) is 0 Å². The SMILES string of the molecule is CCC1(C)CC(Nc2c(Cl)cccc2Cl)CCO1. The molecule has 0 saturated carbocycles. The third kappa shape index (κ3) is 3.11. The van der Waals surface area contributed by atoms with Crippen molar-refractivity contribution in [1.29, 1.82) is 0 Å². The Morgan fingerprint density at radius 1 is 1.39 bits per heavy atom. The number of anilines is 1. The zero-order valence-electron chi connectivity index (χ0n) is 10.8. The first-order valence-electron chi connectivity index (χ1n) is 6.38. The maximum Gasteiger partial charge on any atom is 0.0721 e. The lowest BCUT2D eigenvalue weighted by atomic mass is 9.90. The Morgan fingerprint density at radius 3 is 2.67 bits per heavy atom. The van der Waals surface area contributed by atoms with Crippen molar-refractivity contribution in [2.45, 2.75) is 44.8 Å². The normalized spacial score (nSPS) is 28.1. The van der Waals surface area contributed by atoms with Crippen molar-refractivity contribution < 1.29 is 4.74 Å². The van der Waals surface area contributed by atoms with Crippen LogP contribution in [0.3, 0.4) is 0 Å². The van der Waals surface area contributed by atoms with Crippen LogP contribution in [-0.2, 0) is 4.74 Å². The highest BCUT2D eigenvalue weighted by atomic mass is 35.5. The minimum Gasteiger partial charge on any atom is -0.380 e. The Labute approximate surface area is 119 Å². The van der Waals surface area contributed by atoms with E-state index in [9.17, 15) is 0 Å². The molecule has 0 aliphatic carbocycles. The number of benzene rings is 1. The Bertz CT molecular complexity index is 404. The van der Waals surface area contributed by atoms with Crippen molar-refractivity contribution >= 4 is 28.9 Å². The summed E-state index contributed by atoms with van der Waals surface area (Å²) in [4.78, 5) is 0. The van der Waals surface area contributed by atoms with E-state index in [0.29, 0.717) is 16.1 Å². The standard InChI is InChI=1S/C14H19Cl2NO/c1-3-14(2)9-10(7-8-18-14)17-13-11(15)5-4-6-12(13)16/h4-6,10,17H,3,7-9H2,1-2H3. The van der Waals surface area contributed by atoms with Gasteiger partial charge in [-0.15, -0.1) is 0 Å². The van der Waals surface area contributed by atoms with E-state index in [0.717, 1.165) is 31.6 Å². The van der Waals surface area contributed by atoms with Gasteiger partial charge in [0.25, 0.3) is 0 Å². The van der Waals surface area contributed by atoms with Crippen LogP contribution in [-0.4, -0.2) is 18.2 Å². The van der Waals surface area contributed by atoms with Crippen LogP contribution in [0.2, 0.25) is 10.0 Å². The molecule has 2 rings (SSSR count). The molecular weight excluding hydrogens is 269 g/mol. The topological polar surface area (TPSA) is 21.3 Å². The molecule has 0 aromatic heterocycles. The number of hydrogen-bond donors (Lipinski definition) is 1. The summed E-state index contributed by atoms with van der Waals surface area (Å²) in [5.41, 5.74) is 0.801. The second kappa shape index (κ2) is 5.68. The zero-order chi connectivity index (χ0) is 13.2. The molecule has 1 aliphatic rings. The summed E-state index contributed by atoms with van der Waals surface area (Å²) in [5.74, 6) is 0. The molecule has 100 valence electrons. The molecule has 1 heterocycles. The lowest BCUT2D eigenvalue weighted by molar-refractivity contribution is -0.0708. The molecule has 0 spiro atoms. The van der Waals surface area contributed by atoms with Gasteiger partial charge in [0.2, 0.25) is 0 Å². The molecule has 4 heteroatoms. The zero-order valence-corrected chi connectivity index (χ0v) is 12.3. The fourth-order valence-corrected chi connectivity index (χ4v) is 2.85. The molecule has 2 nitrogen and oxygen atoms in total. The summed E-state index contributed by atoms with van der Waals surface area (Å²) < 4.78 is 5.84. The van der Waals surface area contributed by atoms with Crippen molar-refractivity contribution in [3.8, 4) is 0 Å². The van der Waals surface area contributed by atoms with Gasteiger partial charge in [-0.05, 0) is 38.3 Å². The Hall–Kier alpha value is -0.440. The van der Waals surface area contributed by atoms with Crippen LogP contribution in [0.5, 0.6) is 0 Å². The monoisotopic (exact) mass is 287 g/mol. The summed E-state index contributed by atoms with van der Waals surface area (Å²) in [6.07, 6.45) is 2.98. The van der Waals surface area contributed by atoms with Gasteiger partial charge in [0.1, 0.15) is 0 Å². The van der Waals surface area contributed by atoms with Gasteiger partial charge in [0.15, 0.2) is 0 Å². The van der Waals surface area contributed by atoms with E-state index in [2.05, 4.69) is 19.2 Å².